The summed E-state index contributed by atoms with van der Waals surface area (Å²) in [7, 11) is 0. The Labute approximate surface area is 109 Å². The molecule has 1 aromatic carbocycles. The highest BCUT2D eigenvalue weighted by molar-refractivity contribution is 7.08. The molecular weight excluding hydrogens is 257 g/mol. The summed E-state index contributed by atoms with van der Waals surface area (Å²) in [5.41, 5.74) is 1.90. The fourth-order valence-corrected chi connectivity index (χ4v) is 2.72. The lowest BCUT2D eigenvalue weighted by molar-refractivity contribution is 0.604. The molecule has 4 heteroatoms. The average molecular weight is 270 g/mol. The molecule has 1 unspecified atom stereocenters. The number of hydrogen-bond donors (Lipinski definition) is 1. The first-order valence-corrected chi connectivity index (χ1v) is 6.75. The monoisotopic (exact) mass is 269 g/mol. The highest BCUT2D eigenvalue weighted by Gasteiger charge is 2.18. The van der Waals surface area contributed by atoms with Crippen LogP contribution in [0, 0.1) is 5.82 Å². The van der Waals surface area contributed by atoms with E-state index in [4.69, 9.17) is 11.6 Å². The minimum Gasteiger partial charge on any atom is -0.306 e. The van der Waals surface area contributed by atoms with Crippen molar-refractivity contribution >= 4 is 22.9 Å². The van der Waals surface area contributed by atoms with Gasteiger partial charge in [0.15, 0.2) is 0 Å². The molecule has 0 aliphatic heterocycles. The van der Waals surface area contributed by atoms with E-state index in [0.29, 0.717) is 0 Å². The Hall–Kier alpha value is -0.900. The number of thiophene rings is 1. The fourth-order valence-electron chi connectivity index (χ4n) is 1.79. The second-order valence-electron chi connectivity index (χ2n) is 3.69. The van der Waals surface area contributed by atoms with Gasteiger partial charge in [-0.3, -0.25) is 0 Å². The molecule has 0 spiro atoms. The number of benzene rings is 1. The molecule has 0 bridgehead atoms. The summed E-state index contributed by atoms with van der Waals surface area (Å²) in [6, 6.07) is 6.90. The molecule has 1 heterocycles. The first-order chi connectivity index (χ1) is 8.24. The molecule has 0 aliphatic carbocycles. The zero-order valence-corrected chi connectivity index (χ0v) is 11.0. The first kappa shape index (κ1) is 12.6. The quantitative estimate of drug-likeness (QED) is 0.875. The van der Waals surface area contributed by atoms with Gasteiger partial charge in [-0.05, 0) is 40.6 Å². The van der Waals surface area contributed by atoms with Gasteiger partial charge < -0.3 is 5.32 Å². The van der Waals surface area contributed by atoms with Gasteiger partial charge in [-0.25, -0.2) is 4.39 Å². The first-order valence-electron chi connectivity index (χ1n) is 5.43. The van der Waals surface area contributed by atoms with Crippen LogP contribution in [-0.2, 0) is 0 Å². The standard InChI is InChI=1S/C13H13ClFNS/c1-2-16-13(9-6-7-17-8-9)10-4-3-5-11(15)12(10)14/h3-8,13,16H,2H2,1H3. The molecule has 2 rings (SSSR count). The zero-order valence-electron chi connectivity index (χ0n) is 9.41. The van der Waals surface area contributed by atoms with Gasteiger partial charge in [0.25, 0.3) is 0 Å². The Balaban J connectivity index is 2.43. The van der Waals surface area contributed by atoms with Crippen LogP contribution in [0.15, 0.2) is 35.0 Å². The van der Waals surface area contributed by atoms with E-state index in [-0.39, 0.29) is 16.9 Å². The van der Waals surface area contributed by atoms with E-state index in [1.165, 1.54) is 6.07 Å². The van der Waals surface area contributed by atoms with Crippen LogP contribution in [0.2, 0.25) is 5.02 Å². The summed E-state index contributed by atoms with van der Waals surface area (Å²) < 4.78 is 13.5. The van der Waals surface area contributed by atoms with Crippen LogP contribution in [0.3, 0.4) is 0 Å². The smallest absolute Gasteiger partial charge is 0.142 e. The van der Waals surface area contributed by atoms with Crippen molar-refractivity contribution in [2.75, 3.05) is 6.54 Å². The molecule has 0 saturated heterocycles. The van der Waals surface area contributed by atoms with E-state index in [9.17, 15) is 4.39 Å². The van der Waals surface area contributed by atoms with E-state index >= 15 is 0 Å². The maximum absolute atomic E-state index is 13.5. The van der Waals surface area contributed by atoms with Crippen molar-refractivity contribution in [1.82, 2.24) is 5.32 Å². The van der Waals surface area contributed by atoms with Crippen molar-refractivity contribution in [1.29, 1.82) is 0 Å². The highest BCUT2D eigenvalue weighted by atomic mass is 35.5. The van der Waals surface area contributed by atoms with Crippen molar-refractivity contribution < 1.29 is 4.39 Å². The fraction of sp³-hybridized carbons (Fsp3) is 0.231. The third-order valence-corrected chi connectivity index (χ3v) is 3.68. The Morgan fingerprint density at radius 1 is 1.41 bits per heavy atom. The van der Waals surface area contributed by atoms with Crippen molar-refractivity contribution in [3.63, 3.8) is 0 Å². The lowest BCUT2D eigenvalue weighted by Gasteiger charge is -2.18. The van der Waals surface area contributed by atoms with Crippen LogP contribution in [0.5, 0.6) is 0 Å². The number of nitrogens with one attached hydrogen (secondary N) is 1. The Morgan fingerprint density at radius 3 is 2.88 bits per heavy atom. The van der Waals surface area contributed by atoms with Crippen LogP contribution in [0.1, 0.15) is 24.1 Å². The summed E-state index contributed by atoms with van der Waals surface area (Å²) in [6.07, 6.45) is 0. The highest BCUT2D eigenvalue weighted by Crippen LogP contribution is 2.30. The van der Waals surface area contributed by atoms with Gasteiger partial charge in [0.2, 0.25) is 0 Å². The predicted molar refractivity (Wildman–Crippen MR) is 71.2 cm³/mol. The molecule has 90 valence electrons. The maximum Gasteiger partial charge on any atom is 0.142 e. The number of rotatable bonds is 4. The largest absolute Gasteiger partial charge is 0.306 e. The summed E-state index contributed by atoms with van der Waals surface area (Å²) in [6.45, 7) is 2.82. The normalized spacial score (nSPS) is 12.6. The molecule has 0 radical (unpaired) electrons. The minimum atomic E-state index is -0.373. The molecule has 1 nitrogen and oxygen atoms in total. The predicted octanol–water partition coefficient (Wildman–Crippen LogP) is 4.24. The van der Waals surface area contributed by atoms with Gasteiger partial charge in [0, 0.05) is 0 Å². The van der Waals surface area contributed by atoms with E-state index in [1.807, 2.05) is 24.4 Å². The van der Waals surface area contributed by atoms with E-state index < -0.39 is 0 Å². The maximum atomic E-state index is 13.5. The third kappa shape index (κ3) is 2.68. The molecule has 1 atom stereocenters. The third-order valence-electron chi connectivity index (χ3n) is 2.58. The van der Waals surface area contributed by atoms with Crippen molar-refractivity contribution in [2.24, 2.45) is 0 Å². The van der Waals surface area contributed by atoms with Crippen LogP contribution < -0.4 is 5.32 Å². The van der Waals surface area contributed by atoms with Gasteiger partial charge >= 0.3 is 0 Å². The van der Waals surface area contributed by atoms with Gasteiger partial charge in [-0.15, -0.1) is 0 Å². The topological polar surface area (TPSA) is 12.0 Å². The molecule has 1 N–H and O–H groups in total. The molecule has 17 heavy (non-hydrogen) atoms. The van der Waals surface area contributed by atoms with E-state index in [2.05, 4.69) is 10.7 Å². The van der Waals surface area contributed by atoms with Crippen molar-refractivity contribution in [3.8, 4) is 0 Å². The molecule has 0 amide bonds. The van der Waals surface area contributed by atoms with Crippen LogP contribution in [0.25, 0.3) is 0 Å². The lowest BCUT2D eigenvalue weighted by Crippen LogP contribution is -2.22. The van der Waals surface area contributed by atoms with Crippen LogP contribution >= 0.6 is 22.9 Å². The number of hydrogen-bond acceptors (Lipinski definition) is 2. The summed E-state index contributed by atoms with van der Waals surface area (Å²) >= 11 is 7.65. The van der Waals surface area contributed by atoms with Crippen LogP contribution in [-0.4, -0.2) is 6.54 Å². The summed E-state index contributed by atoms with van der Waals surface area (Å²) in [4.78, 5) is 0. The van der Waals surface area contributed by atoms with E-state index in [0.717, 1.165) is 17.7 Å². The van der Waals surface area contributed by atoms with Gasteiger partial charge in [-0.1, -0.05) is 30.7 Å². The van der Waals surface area contributed by atoms with Gasteiger partial charge in [0.1, 0.15) is 5.82 Å². The Morgan fingerprint density at radius 2 is 2.24 bits per heavy atom. The molecule has 0 aliphatic rings. The molecule has 0 fully saturated rings. The van der Waals surface area contributed by atoms with Crippen LogP contribution in [0.4, 0.5) is 4.39 Å². The molecule has 1 aromatic heterocycles. The zero-order chi connectivity index (χ0) is 12.3. The lowest BCUT2D eigenvalue weighted by atomic mass is 10.0. The number of halogens is 2. The average Bonchev–Trinajstić information content (AvgIpc) is 2.84. The summed E-state index contributed by atoms with van der Waals surface area (Å²) in [5, 5.41) is 7.58. The molecule has 0 saturated carbocycles. The van der Waals surface area contributed by atoms with Gasteiger partial charge in [-0.2, -0.15) is 11.3 Å². The SMILES string of the molecule is CCNC(c1ccsc1)c1cccc(F)c1Cl. The second-order valence-corrected chi connectivity index (χ2v) is 4.85. The van der Waals surface area contributed by atoms with Gasteiger partial charge in [0.05, 0.1) is 11.1 Å². The molecule has 2 aromatic rings. The minimum absolute atomic E-state index is 0.0468. The summed E-state index contributed by atoms with van der Waals surface area (Å²) in [5.74, 6) is -0.373. The molecular formula is C13H13ClFNS. The van der Waals surface area contributed by atoms with Crippen molar-refractivity contribution in [2.45, 2.75) is 13.0 Å². The Kier molecular flexibility index (Phi) is 4.15. The second kappa shape index (κ2) is 5.63. The van der Waals surface area contributed by atoms with E-state index in [1.54, 1.807) is 17.4 Å². The Bertz CT molecular complexity index is 484. The van der Waals surface area contributed by atoms with Crippen molar-refractivity contribution in [3.05, 3.63) is 57.0 Å².